The number of rotatable bonds is 2. The van der Waals surface area contributed by atoms with E-state index in [4.69, 9.17) is 5.11 Å². The maximum Gasteiger partial charge on any atom is 0.354 e. The van der Waals surface area contributed by atoms with Gasteiger partial charge in [0, 0.05) is 29.5 Å². The van der Waals surface area contributed by atoms with Gasteiger partial charge in [0.2, 0.25) is 0 Å². The summed E-state index contributed by atoms with van der Waals surface area (Å²) in [5.74, 6) is -0.996. The van der Waals surface area contributed by atoms with Gasteiger partial charge >= 0.3 is 5.97 Å². The number of halogens is 1. The summed E-state index contributed by atoms with van der Waals surface area (Å²) in [5.41, 5.74) is 1.51. The van der Waals surface area contributed by atoms with Gasteiger partial charge < -0.3 is 5.11 Å². The van der Waals surface area contributed by atoms with Gasteiger partial charge in [0.05, 0.1) is 5.69 Å². The molecule has 0 bridgehead atoms. The normalized spacial score (nSPS) is 10.4. The first-order valence-corrected chi connectivity index (χ1v) is 5.25. The summed E-state index contributed by atoms with van der Waals surface area (Å²) in [6, 6.07) is 3.35. The zero-order valence-corrected chi connectivity index (χ0v) is 9.97. The van der Waals surface area contributed by atoms with Crippen LogP contribution in [0.5, 0.6) is 0 Å². The van der Waals surface area contributed by atoms with Gasteiger partial charge in [0.1, 0.15) is 5.69 Å². The summed E-state index contributed by atoms with van der Waals surface area (Å²) in [5, 5.41) is 13.0. The molecular weight excluding hydrogens is 274 g/mol. The molecule has 0 aliphatic carbocycles. The van der Waals surface area contributed by atoms with Crippen LogP contribution in [0, 0.1) is 0 Å². The highest BCUT2D eigenvalue weighted by Gasteiger charge is 2.12. The van der Waals surface area contributed by atoms with Gasteiger partial charge in [-0.2, -0.15) is 5.10 Å². The number of nitrogens with zero attached hydrogens (tertiary/aromatic N) is 3. The highest BCUT2D eigenvalue weighted by Crippen LogP contribution is 2.21. The van der Waals surface area contributed by atoms with Crippen molar-refractivity contribution in [1.82, 2.24) is 14.8 Å². The molecule has 2 aromatic rings. The second kappa shape index (κ2) is 4.05. The minimum absolute atomic E-state index is 0.148. The largest absolute Gasteiger partial charge is 0.477 e. The number of hydrogen-bond acceptors (Lipinski definition) is 3. The molecule has 0 aromatic carbocycles. The lowest BCUT2D eigenvalue weighted by Gasteiger charge is -1.95. The molecule has 0 atom stereocenters. The lowest BCUT2D eigenvalue weighted by atomic mass is 10.2. The monoisotopic (exact) mass is 281 g/mol. The SMILES string of the molecule is Cn1nc(-c2cncc(Br)c2)cc1C(=O)O. The summed E-state index contributed by atoms with van der Waals surface area (Å²) in [6.07, 6.45) is 3.29. The van der Waals surface area contributed by atoms with Gasteiger partial charge in [0.25, 0.3) is 0 Å². The van der Waals surface area contributed by atoms with E-state index in [0.29, 0.717) is 5.69 Å². The third kappa shape index (κ3) is 1.96. The summed E-state index contributed by atoms with van der Waals surface area (Å²) < 4.78 is 2.16. The van der Waals surface area contributed by atoms with Crippen molar-refractivity contribution in [3.8, 4) is 11.3 Å². The van der Waals surface area contributed by atoms with Crippen LogP contribution in [0.3, 0.4) is 0 Å². The molecule has 0 aliphatic rings. The second-order valence-electron chi connectivity index (χ2n) is 3.24. The second-order valence-corrected chi connectivity index (χ2v) is 4.15. The van der Waals surface area contributed by atoms with E-state index in [1.54, 1.807) is 19.4 Å². The molecule has 0 unspecified atom stereocenters. The first kappa shape index (κ1) is 10.8. The molecule has 6 heteroatoms. The van der Waals surface area contributed by atoms with E-state index in [2.05, 4.69) is 26.0 Å². The van der Waals surface area contributed by atoms with E-state index in [1.807, 2.05) is 6.07 Å². The van der Waals surface area contributed by atoms with E-state index in [-0.39, 0.29) is 5.69 Å². The van der Waals surface area contributed by atoms with E-state index in [9.17, 15) is 4.79 Å². The van der Waals surface area contributed by atoms with Crippen LogP contribution in [0.1, 0.15) is 10.5 Å². The van der Waals surface area contributed by atoms with Crippen LogP contribution in [-0.2, 0) is 7.05 Å². The molecule has 2 heterocycles. The average Bonchev–Trinajstić information content (AvgIpc) is 2.60. The van der Waals surface area contributed by atoms with E-state index < -0.39 is 5.97 Å². The van der Waals surface area contributed by atoms with Crippen molar-refractivity contribution in [3.05, 3.63) is 34.7 Å². The van der Waals surface area contributed by atoms with E-state index in [1.165, 1.54) is 10.7 Å². The fourth-order valence-electron chi connectivity index (χ4n) is 1.36. The van der Waals surface area contributed by atoms with Crippen molar-refractivity contribution >= 4 is 21.9 Å². The first-order chi connectivity index (χ1) is 7.58. The van der Waals surface area contributed by atoms with Crippen molar-refractivity contribution in [2.75, 3.05) is 0 Å². The van der Waals surface area contributed by atoms with Gasteiger partial charge in [0.15, 0.2) is 0 Å². The number of carbonyl (C=O) groups is 1. The number of pyridine rings is 1. The molecule has 0 saturated carbocycles. The predicted octanol–water partition coefficient (Wildman–Crippen LogP) is 1.94. The summed E-state index contributed by atoms with van der Waals surface area (Å²) >= 11 is 3.30. The third-order valence-electron chi connectivity index (χ3n) is 2.10. The molecular formula is C10H8BrN3O2. The van der Waals surface area contributed by atoms with Gasteiger partial charge in [-0.15, -0.1) is 0 Å². The van der Waals surface area contributed by atoms with Crippen molar-refractivity contribution < 1.29 is 9.90 Å². The Morgan fingerprint density at radius 2 is 2.19 bits per heavy atom. The van der Waals surface area contributed by atoms with Gasteiger partial charge in [-0.25, -0.2) is 4.79 Å². The quantitative estimate of drug-likeness (QED) is 0.914. The minimum atomic E-state index is -0.996. The van der Waals surface area contributed by atoms with Crippen molar-refractivity contribution in [3.63, 3.8) is 0 Å². The topological polar surface area (TPSA) is 68.0 Å². The third-order valence-corrected chi connectivity index (χ3v) is 2.53. The Bertz CT molecular complexity index is 551. The van der Waals surface area contributed by atoms with Crippen LogP contribution in [-0.4, -0.2) is 25.8 Å². The first-order valence-electron chi connectivity index (χ1n) is 4.46. The fraction of sp³-hybridized carbons (Fsp3) is 0.100. The fourth-order valence-corrected chi connectivity index (χ4v) is 1.73. The molecule has 0 amide bonds. The van der Waals surface area contributed by atoms with E-state index in [0.717, 1.165) is 10.0 Å². The lowest BCUT2D eigenvalue weighted by molar-refractivity contribution is 0.0685. The Hall–Kier alpha value is -1.69. The number of aromatic nitrogens is 3. The summed E-state index contributed by atoms with van der Waals surface area (Å²) in [4.78, 5) is 14.8. The Morgan fingerprint density at radius 3 is 2.75 bits per heavy atom. The Morgan fingerprint density at radius 1 is 1.44 bits per heavy atom. The smallest absolute Gasteiger partial charge is 0.354 e. The molecule has 16 heavy (non-hydrogen) atoms. The van der Waals surface area contributed by atoms with Crippen LogP contribution < -0.4 is 0 Å². The molecule has 0 spiro atoms. The van der Waals surface area contributed by atoms with Crippen LogP contribution in [0.4, 0.5) is 0 Å². The van der Waals surface area contributed by atoms with Crippen LogP contribution in [0.2, 0.25) is 0 Å². The molecule has 0 aliphatic heterocycles. The predicted molar refractivity (Wildman–Crippen MR) is 61.1 cm³/mol. The zero-order chi connectivity index (χ0) is 11.7. The number of carboxylic acids is 1. The van der Waals surface area contributed by atoms with Gasteiger partial charge in [-0.3, -0.25) is 9.67 Å². The van der Waals surface area contributed by atoms with Crippen LogP contribution in [0.25, 0.3) is 11.3 Å². The molecule has 1 N–H and O–H groups in total. The van der Waals surface area contributed by atoms with Crippen LogP contribution in [0.15, 0.2) is 29.0 Å². The maximum absolute atomic E-state index is 10.8. The molecule has 2 rings (SSSR count). The molecule has 0 fully saturated rings. The highest BCUT2D eigenvalue weighted by atomic mass is 79.9. The Kier molecular flexibility index (Phi) is 2.74. The summed E-state index contributed by atoms with van der Waals surface area (Å²) in [6.45, 7) is 0. The molecule has 0 radical (unpaired) electrons. The number of aromatic carboxylic acids is 1. The number of aryl methyl sites for hydroxylation is 1. The van der Waals surface area contributed by atoms with Crippen LogP contribution >= 0.6 is 15.9 Å². The van der Waals surface area contributed by atoms with Gasteiger partial charge in [-0.05, 0) is 28.1 Å². The number of carboxylic acid groups (broad SMARTS) is 1. The molecule has 82 valence electrons. The zero-order valence-electron chi connectivity index (χ0n) is 8.38. The number of hydrogen-bond donors (Lipinski definition) is 1. The highest BCUT2D eigenvalue weighted by molar-refractivity contribution is 9.10. The lowest BCUT2D eigenvalue weighted by Crippen LogP contribution is -2.04. The van der Waals surface area contributed by atoms with E-state index >= 15 is 0 Å². The summed E-state index contributed by atoms with van der Waals surface area (Å²) in [7, 11) is 1.60. The average molecular weight is 282 g/mol. The van der Waals surface area contributed by atoms with Crippen molar-refractivity contribution in [2.45, 2.75) is 0 Å². The van der Waals surface area contributed by atoms with Gasteiger partial charge in [-0.1, -0.05) is 0 Å². The molecule has 5 nitrogen and oxygen atoms in total. The Balaban J connectivity index is 2.49. The standard InChI is InChI=1S/C10H8BrN3O2/c1-14-9(10(15)16)3-8(13-14)6-2-7(11)5-12-4-6/h2-5H,1H3,(H,15,16). The molecule has 0 saturated heterocycles. The van der Waals surface area contributed by atoms with Crippen molar-refractivity contribution in [2.24, 2.45) is 7.05 Å². The Labute approximate surface area is 99.9 Å². The maximum atomic E-state index is 10.8. The molecule has 2 aromatic heterocycles. The minimum Gasteiger partial charge on any atom is -0.477 e. The van der Waals surface area contributed by atoms with Crippen molar-refractivity contribution in [1.29, 1.82) is 0 Å².